The fourth-order valence-corrected chi connectivity index (χ4v) is 3.86. The zero-order valence-corrected chi connectivity index (χ0v) is 18.6. The van der Waals surface area contributed by atoms with Gasteiger partial charge in [-0.1, -0.05) is 62.4 Å². The number of alkyl carbamates (subject to hydrolysis) is 1. The minimum absolute atomic E-state index is 0.0559. The topological polar surface area (TPSA) is 102 Å². The van der Waals surface area contributed by atoms with E-state index in [2.05, 4.69) is 5.32 Å². The summed E-state index contributed by atoms with van der Waals surface area (Å²) in [6, 6.07) is 14.4. The van der Waals surface area contributed by atoms with Crippen molar-refractivity contribution in [2.75, 3.05) is 6.61 Å². The molecule has 0 heterocycles. The van der Waals surface area contributed by atoms with E-state index in [1.54, 1.807) is 6.92 Å². The van der Waals surface area contributed by atoms with Crippen LogP contribution in [0.2, 0.25) is 0 Å². The summed E-state index contributed by atoms with van der Waals surface area (Å²) in [5, 5.41) is 11.7. The molecular weight excluding hydrogens is 410 g/mol. The molecule has 0 saturated carbocycles. The molecule has 7 nitrogen and oxygen atoms in total. The molecule has 1 atom stereocenters. The van der Waals surface area contributed by atoms with Gasteiger partial charge in [-0.25, -0.2) is 9.59 Å². The maximum Gasteiger partial charge on any atom is 0.407 e. The van der Waals surface area contributed by atoms with Crippen molar-refractivity contribution in [3.63, 3.8) is 0 Å². The van der Waals surface area contributed by atoms with Crippen molar-refractivity contribution in [1.29, 1.82) is 0 Å². The van der Waals surface area contributed by atoms with Crippen molar-refractivity contribution in [2.24, 2.45) is 0 Å². The van der Waals surface area contributed by atoms with Crippen molar-refractivity contribution in [1.82, 2.24) is 5.32 Å². The van der Waals surface area contributed by atoms with Crippen molar-refractivity contribution in [2.45, 2.75) is 57.6 Å². The average molecular weight is 440 g/mol. The molecule has 0 aliphatic heterocycles. The van der Waals surface area contributed by atoms with Crippen LogP contribution in [0.5, 0.6) is 0 Å². The Hall–Kier alpha value is -3.35. The molecule has 1 amide bonds. The second-order valence-electron chi connectivity index (χ2n) is 8.20. The second-order valence-corrected chi connectivity index (χ2v) is 8.20. The van der Waals surface area contributed by atoms with Gasteiger partial charge in [0.1, 0.15) is 18.2 Å². The van der Waals surface area contributed by atoms with Crippen molar-refractivity contribution < 1.29 is 29.0 Å². The number of aliphatic carboxylic acids is 1. The van der Waals surface area contributed by atoms with Crippen LogP contribution in [0.25, 0.3) is 11.1 Å². The first kappa shape index (κ1) is 23.3. The second kappa shape index (κ2) is 9.85. The van der Waals surface area contributed by atoms with Crippen molar-refractivity contribution in [3.8, 4) is 11.1 Å². The number of carboxylic acid groups (broad SMARTS) is 1. The lowest BCUT2D eigenvalue weighted by molar-refractivity contribution is -0.161. The molecule has 2 aromatic rings. The number of benzene rings is 2. The molecule has 1 aliphatic rings. The summed E-state index contributed by atoms with van der Waals surface area (Å²) in [7, 11) is 0. The minimum atomic E-state index is -1.43. The van der Waals surface area contributed by atoms with Crippen molar-refractivity contribution in [3.05, 3.63) is 59.7 Å². The molecule has 0 saturated heterocycles. The van der Waals surface area contributed by atoms with Crippen molar-refractivity contribution >= 4 is 18.0 Å². The molecule has 0 aromatic heterocycles. The molecule has 7 heteroatoms. The lowest BCUT2D eigenvalue weighted by Crippen LogP contribution is -2.44. The predicted molar refractivity (Wildman–Crippen MR) is 119 cm³/mol. The summed E-state index contributed by atoms with van der Waals surface area (Å²) in [6.07, 6.45) is -0.157. The third kappa shape index (κ3) is 5.10. The zero-order chi connectivity index (χ0) is 23.3. The van der Waals surface area contributed by atoms with E-state index in [1.807, 2.05) is 62.4 Å². The van der Waals surface area contributed by atoms with Gasteiger partial charge >= 0.3 is 18.0 Å². The lowest BCUT2D eigenvalue weighted by Gasteiger charge is -2.27. The molecule has 0 unspecified atom stereocenters. The van der Waals surface area contributed by atoms with Crippen LogP contribution in [0.4, 0.5) is 4.79 Å². The standard InChI is InChI=1S/C25H29NO6/c1-4-25(3,5-2)32-22(27)14-21(23(28)29)26-24(30)31-15-20-18-12-8-6-10-16(18)17-11-7-9-13-19(17)20/h6-13,20-21H,4-5,14-15H2,1-3H3,(H,26,30)(H,28,29)/t21-/m1/s1. The molecule has 3 rings (SSSR count). The fraction of sp³-hybridized carbons (Fsp3) is 0.400. The maximum atomic E-state index is 12.4. The third-order valence-corrected chi connectivity index (χ3v) is 6.16. The minimum Gasteiger partial charge on any atom is -0.480 e. The Morgan fingerprint density at radius 3 is 2.03 bits per heavy atom. The molecule has 0 bridgehead atoms. The van der Waals surface area contributed by atoms with E-state index in [1.165, 1.54) is 0 Å². The van der Waals surface area contributed by atoms with Crippen LogP contribution in [0.1, 0.15) is 57.1 Å². The fourth-order valence-electron chi connectivity index (χ4n) is 3.86. The van der Waals surface area contributed by atoms with Crippen LogP contribution in [0.15, 0.2) is 48.5 Å². The van der Waals surface area contributed by atoms with Crippen LogP contribution in [-0.4, -0.2) is 41.4 Å². The highest BCUT2D eigenvalue weighted by Crippen LogP contribution is 2.44. The summed E-state index contributed by atoms with van der Waals surface area (Å²) >= 11 is 0. The van der Waals surface area contributed by atoms with Gasteiger partial charge in [0.2, 0.25) is 0 Å². The number of ether oxygens (including phenoxy) is 2. The normalized spacial score (nSPS) is 13.6. The van der Waals surface area contributed by atoms with Gasteiger partial charge in [0.05, 0.1) is 6.42 Å². The average Bonchev–Trinajstić information content (AvgIpc) is 3.10. The van der Waals surface area contributed by atoms with Gasteiger partial charge in [0, 0.05) is 5.92 Å². The summed E-state index contributed by atoms with van der Waals surface area (Å²) in [6.45, 7) is 5.63. The van der Waals surface area contributed by atoms with Gasteiger partial charge in [-0.3, -0.25) is 4.79 Å². The molecule has 1 aliphatic carbocycles. The van der Waals surface area contributed by atoms with Crippen LogP contribution in [0, 0.1) is 0 Å². The number of carbonyl (C=O) groups is 3. The number of esters is 1. The lowest BCUT2D eigenvalue weighted by atomic mass is 9.98. The summed E-state index contributed by atoms with van der Waals surface area (Å²) in [5.74, 6) is -2.15. The predicted octanol–water partition coefficient (Wildman–Crippen LogP) is 4.49. The molecule has 2 N–H and O–H groups in total. The molecule has 32 heavy (non-hydrogen) atoms. The maximum absolute atomic E-state index is 12.4. The Bertz CT molecular complexity index is 952. The van der Waals surface area contributed by atoms with Gasteiger partial charge in [0.15, 0.2) is 0 Å². The van der Waals surface area contributed by atoms with Gasteiger partial charge < -0.3 is 19.9 Å². The molecule has 0 radical (unpaired) electrons. The number of carboxylic acids is 1. The number of hydrogen-bond acceptors (Lipinski definition) is 5. The molecule has 170 valence electrons. The zero-order valence-electron chi connectivity index (χ0n) is 18.6. The highest BCUT2D eigenvalue weighted by Gasteiger charge is 2.32. The number of carbonyl (C=O) groups excluding carboxylic acids is 2. The Morgan fingerprint density at radius 2 is 1.53 bits per heavy atom. The Labute approximate surface area is 187 Å². The first-order valence-corrected chi connectivity index (χ1v) is 10.8. The number of rotatable bonds is 9. The summed E-state index contributed by atoms with van der Waals surface area (Å²) < 4.78 is 10.8. The molecule has 0 fully saturated rings. The highest BCUT2D eigenvalue weighted by molar-refractivity contribution is 5.85. The number of amides is 1. The first-order valence-electron chi connectivity index (χ1n) is 10.8. The SMILES string of the molecule is CCC(C)(CC)OC(=O)C[C@@H](NC(=O)OCC1c2ccccc2-c2ccccc21)C(=O)O. The Morgan fingerprint density at radius 1 is 1.00 bits per heavy atom. The van der Waals surface area contributed by atoms with Crippen LogP contribution in [-0.2, 0) is 19.1 Å². The Balaban J connectivity index is 1.62. The largest absolute Gasteiger partial charge is 0.480 e. The number of hydrogen-bond donors (Lipinski definition) is 2. The van der Waals surface area contributed by atoms with Crippen LogP contribution < -0.4 is 5.32 Å². The van der Waals surface area contributed by atoms with Gasteiger partial charge in [-0.15, -0.1) is 0 Å². The van der Waals surface area contributed by atoms with E-state index < -0.39 is 36.1 Å². The van der Waals surface area contributed by atoms with Crippen LogP contribution >= 0.6 is 0 Å². The first-order chi connectivity index (χ1) is 15.3. The van der Waals surface area contributed by atoms with Gasteiger partial charge in [0.25, 0.3) is 0 Å². The third-order valence-electron chi connectivity index (χ3n) is 6.16. The molecule has 0 spiro atoms. The monoisotopic (exact) mass is 439 g/mol. The van der Waals surface area contributed by atoms with E-state index >= 15 is 0 Å². The van der Waals surface area contributed by atoms with E-state index in [9.17, 15) is 19.5 Å². The van der Waals surface area contributed by atoms with Gasteiger partial charge in [-0.2, -0.15) is 0 Å². The number of nitrogens with one attached hydrogen (secondary N) is 1. The van der Waals surface area contributed by atoms with Gasteiger partial charge in [-0.05, 0) is 42.0 Å². The van der Waals surface area contributed by atoms with E-state index in [4.69, 9.17) is 9.47 Å². The van der Waals surface area contributed by atoms with E-state index in [-0.39, 0.29) is 12.5 Å². The summed E-state index contributed by atoms with van der Waals surface area (Å²) in [4.78, 5) is 36.2. The Kier molecular flexibility index (Phi) is 7.18. The number of fused-ring (bicyclic) bond motifs is 3. The quantitative estimate of drug-likeness (QED) is 0.558. The summed E-state index contributed by atoms with van der Waals surface area (Å²) in [5.41, 5.74) is 3.64. The smallest absolute Gasteiger partial charge is 0.407 e. The van der Waals surface area contributed by atoms with Crippen LogP contribution in [0.3, 0.4) is 0 Å². The molecular formula is C25H29NO6. The highest BCUT2D eigenvalue weighted by atomic mass is 16.6. The molecule has 2 aromatic carbocycles. The van der Waals surface area contributed by atoms with E-state index in [0.717, 1.165) is 22.3 Å². The van der Waals surface area contributed by atoms with E-state index in [0.29, 0.717) is 12.8 Å².